The molecule has 0 radical (unpaired) electrons. The van der Waals surface area contributed by atoms with Crippen LogP contribution in [0.5, 0.6) is 0 Å². The SMILES string of the molecule is CNCCC[SiH](O[SiH2]O[SiH3])[Si](C)(C)C. The fourth-order valence-electron chi connectivity index (χ4n) is 1.38. The molecule has 0 aromatic rings. The predicted octanol–water partition coefficient (Wildman–Crippen LogP) is -0.951. The Kier molecular flexibility index (Phi) is 8.39. The monoisotopic (exact) mass is 267 g/mol. The van der Waals surface area contributed by atoms with Crippen molar-refractivity contribution in [2.24, 2.45) is 0 Å². The number of hydrogen-bond donors (Lipinski definition) is 1. The molecule has 0 heterocycles. The Bertz CT molecular complexity index is 142. The molecule has 3 nitrogen and oxygen atoms in total. The van der Waals surface area contributed by atoms with Crippen molar-refractivity contribution in [1.29, 1.82) is 0 Å². The van der Waals surface area contributed by atoms with Crippen molar-refractivity contribution >= 4 is 36.6 Å². The van der Waals surface area contributed by atoms with E-state index in [-0.39, 0.29) is 0 Å². The summed E-state index contributed by atoms with van der Waals surface area (Å²) < 4.78 is 11.3. The fourth-order valence-corrected chi connectivity index (χ4v) is 16.2. The van der Waals surface area contributed by atoms with E-state index >= 15 is 0 Å². The zero-order valence-corrected chi connectivity index (χ0v) is 15.8. The first-order valence-electron chi connectivity index (χ1n) is 5.27. The summed E-state index contributed by atoms with van der Waals surface area (Å²) >= 11 is 0. The molecule has 0 fully saturated rings. The lowest BCUT2D eigenvalue weighted by molar-refractivity contribution is 0.494. The molecule has 0 aliphatic heterocycles. The quantitative estimate of drug-likeness (QED) is 0.454. The lowest BCUT2D eigenvalue weighted by Gasteiger charge is -2.27. The van der Waals surface area contributed by atoms with Crippen LogP contribution >= 0.6 is 0 Å². The number of hydrogen-bond acceptors (Lipinski definition) is 3. The van der Waals surface area contributed by atoms with E-state index in [4.69, 9.17) is 8.23 Å². The highest BCUT2D eigenvalue weighted by molar-refractivity contribution is 7.29. The van der Waals surface area contributed by atoms with Gasteiger partial charge in [-0.15, -0.1) is 0 Å². The minimum atomic E-state index is -1.01. The summed E-state index contributed by atoms with van der Waals surface area (Å²) in [6.07, 6.45) is 1.27. The van der Waals surface area contributed by atoms with Gasteiger partial charge in [-0.2, -0.15) is 0 Å². The smallest absolute Gasteiger partial charge is 0.282 e. The minimum Gasteiger partial charge on any atom is -0.449 e. The predicted molar refractivity (Wildman–Crippen MR) is 74.5 cm³/mol. The Balaban J connectivity index is 3.85. The molecule has 0 spiro atoms. The molecular weight excluding hydrogens is 242 g/mol. The van der Waals surface area contributed by atoms with E-state index in [1.54, 1.807) is 0 Å². The first-order chi connectivity index (χ1) is 6.52. The second-order valence-corrected chi connectivity index (χ2v) is 22.0. The average molecular weight is 268 g/mol. The second kappa shape index (κ2) is 7.96. The third kappa shape index (κ3) is 7.09. The van der Waals surface area contributed by atoms with E-state index in [0.717, 1.165) is 17.0 Å². The summed E-state index contributed by atoms with van der Waals surface area (Å²) in [5.41, 5.74) is 0. The summed E-state index contributed by atoms with van der Waals surface area (Å²) in [7, 11) is 0.334. The largest absolute Gasteiger partial charge is 0.449 e. The van der Waals surface area contributed by atoms with Crippen LogP contribution in [0.3, 0.4) is 0 Å². The molecule has 0 aromatic carbocycles. The van der Waals surface area contributed by atoms with Gasteiger partial charge in [0.25, 0.3) is 10.0 Å². The van der Waals surface area contributed by atoms with Gasteiger partial charge in [0.05, 0.1) is 7.59 Å². The van der Waals surface area contributed by atoms with Crippen molar-refractivity contribution < 1.29 is 8.23 Å². The summed E-state index contributed by atoms with van der Waals surface area (Å²) in [5, 5.41) is 3.20. The Morgan fingerprint density at radius 3 is 2.50 bits per heavy atom. The van der Waals surface area contributed by atoms with Crippen molar-refractivity contribution in [1.82, 2.24) is 5.32 Å². The lowest BCUT2D eigenvalue weighted by atomic mass is 10.5. The first kappa shape index (κ1) is 14.7. The van der Waals surface area contributed by atoms with Gasteiger partial charge in [0.2, 0.25) is 0 Å². The van der Waals surface area contributed by atoms with E-state index < -0.39 is 26.2 Å². The molecule has 86 valence electrons. The first-order valence-corrected chi connectivity index (χ1v) is 13.8. The highest BCUT2D eigenvalue weighted by Gasteiger charge is 2.28. The van der Waals surface area contributed by atoms with E-state index in [2.05, 4.69) is 25.0 Å². The van der Waals surface area contributed by atoms with Crippen LogP contribution in [0.25, 0.3) is 0 Å². The Morgan fingerprint density at radius 1 is 1.43 bits per heavy atom. The van der Waals surface area contributed by atoms with Gasteiger partial charge in [0, 0.05) is 0 Å². The maximum absolute atomic E-state index is 6.03. The molecule has 0 aromatic heterocycles. The van der Waals surface area contributed by atoms with Crippen LogP contribution in [0.15, 0.2) is 0 Å². The van der Waals surface area contributed by atoms with Crippen molar-refractivity contribution in [3.8, 4) is 0 Å². The second-order valence-electron chi connectivity index (χ2n) is 4.67. The highest BCUT2D eigenvalue weighted by Crippen LogP contribution is 2.13. The third-order valence-corrected chi connectivity index (χ3v) is 16.4. The van der Waals surface area contributed by atoms with Crippen molar-refractivity contribution in [2.75, 3.05) is 13.6 Å². The Hall–Kier alpha value is 0.748. The zero-order chi connectivity index (χ0) is 11.0. The number of rotatable bonds is 8. The maximum atomic E-state index is 6.03. The van der Waals surface area contributed by atoms with Crippen LogP contribution in [0.4, 0.5) is 0 Å². The molecule has 0 aliphatic carbocycles. The van der Waals surface area contributed by atoms with E-state index in [1.165, 1.54) is 12.5 Å². The van der Waals surface area contributed by atoms with Crippen molar-refractivity contribution in [2.45, 2.75) is 32.1 Å². The van der Waals surface area contributed by atoms with Crippen LogP contribution < -0.4 is 5.32 Å². The molecule has 7 heteroatoms. The minimum absolute atomic E-state index is 0.602. The van der Waals surface area contributed by atoms with E-state index in [0.29, 0.717) is 0 Å². The van der Waals surface area contributed by atoms with Crippen LogP contribution in [-0.4, -0.2) is 50.2 Å². The Morgan fingerprint density at radius 2 is 2.07 bits per heavy atom. The normalized spacial score (nSPS) is 15.4. The lowest BCUT2D eigenvalue weighted by Crippen LogP contribution is -2.46. The zero-order valence-electron chi connectivity index (χ0n) is 10.2. The topological polar surface area (TPSA) is 30.5 Å². The summed E-state index contributed by atoms with van der Waals surface area (Å²) in [5.74, 6) is 0. The molecular formula is C7H25NO2Si4. The molecule has 0 bridgehead atoms. The van der Waals surface area contributed by atoms with Crippen LogP contribution in [-0.2, 0) is 8.23 Å². The molecule has 0 saturated heterocycles. The molecule has 1 atom stereocenters. The van der Waals surface area contributed by atoms with E-state index in [9.17, 15) is 0 Å². The number of nitrogens with one attached hydrogen (secondary N) is 1. The van der Waals surface area contributed by atoms with Crippen molar-refractivity contribution in [3.63, 3.8) is 0 Å². The third-order valence-electron chi connectivity index (χ3n) is 2.25. The molecule has 14 heavy (non-hydrogen) atoms. The van der Waals surface area contributed by atoms with Gasteiger partial charge in [-0.05, 0) is 26.1 Å². The Labute approximate surface area is 96.1 Å². The molecule has 0 rings (SSSR count). The molecule has 0 saturated carbocycles. The van der Waals surface area contributed by atoms with Crippen LogP contribution in [0, 0.1) is 0 Å². The maximum Gasteiger partial charge on any atom is 0.282 e. The van der Waals surface area contributed by atoms with Gasteiger partial charge in [-0.25, -0.2) is 0 Å². The van der Waals surface area contributed by atoms with Gasteiger partial charge in [-0.1, -0.05) is 19.6 Å². The van der Waals surface area contributed by atoms with Crippen molar-refractivity contribution in [3.05, 3.63) is 0 Å². The van der Waals surface area contributed by atoms with Crippen LogP contribution in [0.1, 0.15) is 6.42 Å². The summed E-state index contributed by atoms with van der Waals surface area (Å²) in [6, 6.07) is 1.33. The van der Waals surface area contributed by atoms with Gasteiger partial charge in [-0.3, -0.25) is 0 Å². The standard InChI is InChI=1S/C7H25NO2Si4/c1-8-6-5-7-13(10-12-9-11)14(2,3)4/h8,13H,5-7,12H2,1-4,11H3. The van der Waals surface area contributed by atoms with Gasteiger partial charge in [0.15, 0.2) is 8.56 Å². The van der Waals surface area contributed by atoms with Gasteiger partial charge >= 0.3 is 0 Å². The molecule has 1 unspecified atom stereocenters. The molecule has 0 aliphatic rings. The average Bonchev–Trinajstić information content (AvgIpc) is 2.09. The molecule has 1 N–H and O–H groups in total. The highest BCUT2D eigenvalue weighted by atomic mass is 29.2. The summed E-state index contributed by atoms with van der Waals surface area (Å²) in [4.78, 5) is 0. The van der Waals surface area contributed by atoms with Gasteiger partial charge < -0.3 is 13.5 Å². The molecule has 0 amide bonds. The van der Waals surface area contributed by atoms with E-state index in [1.807, 2.05) is 7.05 Å². The van der Waals surface area contributed by atoms with Gasteiger partial charge in [0.1, 0.15) is 10.5 Å². The van der Waals surface area contributed by atoms with Crippen LogP contribution in [0.2, 0.25) is 25.7 Å². The summed E-state index contributed by atoms with van der Waals surface area (Å²) in [6.45, 7) is 8.43. The fraction of sp³-hybridized carbons (Fsp3) is 1.00.